The van der Waals surface area contributed by atoms with Gasteiger partial charge in [0.25, 0.3) is 11.8 Å². The zero-order valence-corrected chi connectivity index (χ0v) is 15.8. The van der Waals surface area contributed by atoms with E-state index in [-0.39, 0.29) is 18.4 Å². The van der Waals surface area contributed by atoms with Crippen LogP contribution in [0.5, 0.6) is 5.75 Å². The molecule has 1 aromatic heterocycles. The minimum absolute atomic E-state index is 0.268. The predicted octanol–water partition coefficient (Wildman–Crippen LogP) is 3.63. The van der Waals surface area contributed by atoms with Gasteiger partial charge in [-0.1, -0.05) is 28.9 Å². The van der Waals surface area contributed by atoms with Crippen LogP contribution in [0, 0.1) is 0 Å². The number of ether oxygens (including phenoxy) is 1. The summed E-state index contributed by atoms with van der Waals surface area (Å²) in [6.45, 7) is 0.282. The second-order valence-corrected chi connectivity index (χ2v) is 6.70. The van der Waals surface area contributed by atoms with Crippen LogP contribution in [0.2, 0.25) is 5.02 Å². The third-order valence-corrected chi connectivity index (χ3v) is 4.76. The summed E-state index contributed by atoms with van der Waals surface area (Å²) >= 11 is 6.04. The summed E-state index contributed by atoms with van der Waals surface area (Å²) in [5, 5.41) is 4.51. The van der Waals surface area contributed by atoms with Gasteiger partial charge in [-0.25, -0.2) is 0 Å². The summed E-state index contributed by atoms with van der Waals surface area (Å²) in [6, 6.07) is 12.0. The Labute approximate surface area is 165 Å². The predicted molar refractivity (Wildman–Crippen MR) is 101 cm³/mol. The summed E-state index contributed by atoms with van der Waals surface area (Å²) in [5.41, 5.74) is 1.52. The number of imide groups is 1. The van der Waals surface area contributed by atoms with Gasteiger partial charge < -0.3 is 9.26 Å². The van der Waals surface area contributed by atoms with Crippen molar-refractivity contribution in [1.82, 2.24) is 15.0 Å². The van der Waals surface area contributed by atoms with Crippen LogP contribution in [0.1, 0.15) is 33.0 Å². The molecule has 0 saturated heterocycles. The molecule has 1 aliphatic heterocycles. The van der Waals surface area contributed by atoms with Crippen molar-refractivity contribution in [3.8, 4) is 17.1 Å². The first-order chi connectivity index (χ1) is 13.6. The van der Waals surface area contributed by atoms with Crippen LogP contribution in [0.3, 0.4) is 0 Å². The molecule has 2 amide bonds. The van der Waals surface area contributed by atoms with Crippen molar-refractivity contribution in [2.75, 3.05) is 13.7 Å². The van der Waals surface area contributed by atoms with Crippen molar-refractivity contribution >= 4 is 23.4 Å². The Bertz CT molecular complexity index is 1030. The van der Waals surface area contributed by atoms with Crippen molar-refractivity contribution in [3.63, 3.8) is 0 Å². The third kappa shape index (κ3) is 3.25. The Morgan fingerprint density at radius 3 is 2.46 bits per heavy atom. The van der Waals surface area contributed by atoms with Crippen molar-refractivity contribution in [3.05, 3.63) is 64.5 Å². The molecule has 8 heteroatoms. The van der Waals surface area contributed by atoms with Gasteiger partial charge in [-0.2, -0.15) is 4.98 Å². The number of aromatic nitrogens is 2. The van der Waals surface area contributed by atoms with Crippen LogP contribution >= 0.6 is 11.6 Å². The van der Waals surface area contributed by atoms with Crippen LogP contribution in [-0.4, -0.2) is 40.5 Å². The number of carbonyl (C=O) groups is 2. The molecule has 4 rings (SSSR count). The van der Waals surface area contributed by atoms with E-state index in [4.69, 9.17) is 20.9 Å². The Kier molecular flexibility index (Phi) is 4.83. The lowest BCUT2D eigenvalue weighted by Crippen LogP contribution is -2.30. The highest BCUT2D eigenvalue weighted by Crippen LogP contribution is 2.30. The van der Waals surface area contributed by atoms with Gasteiger partial charge in [-0.05, 0) is 36.8 Å². The molecule has 0 fully saturated rings. The maximum absolute atomic E-state index is 12.4. The number of rotatable bonds is 6. The molecule has 0 radical (unpaired) electrons. The molecular formula is C20H16ClN3O4. The Hall–Kier alpha value is -3.19. The van der Waals surface area contributed by atoms with E-state index in [2.05, 4.69) is 10.1 Å². The van der Waals surface area contributed by atoms with Gasteiger partial charge in [0, 0.05) is 18.0 Å². The van der Waals surface area contributed by atoms with Crippen LogP contribution in [-0.2, 0) is 6.42 Å². The van der Waals surface area contributed by atoms with Gasteiger partial charge in [0.1, 0.15) is 5.75 Å². The van der Waals surface area contributed by atoms with Crippen molar-refractivity contribution in [2.45, 2.75) is 12.8 Å². The second-order valence-electron chi connectivity index (χ2n) is 6.27. The summed E-state index contributed by atoms with van der Waals surface area (Å²) in [5.74, 6) is 0.831. The second kappa shape index (κ2) is 7.44. The van der Waals surface area contributed by atoms with Gasteiger partial charge in [0.2, 0.25) is 11.7 Å². The number of halogens is 1. The van der Waals surface area contributed by atoms with E-state index in [0.717, 1.165) is 0 Å². The van der Waals surface area contributed by atoms with E-state index in [1.807, 2.05) is 0 Å². The normalized spacial score (nSPS) is 13.1. The third-order valence-electron chi connectivity index (χ3n) is 4.52. The lowest BCUT2D eigenvalue weighted by atomic mass is 10.1. The molecule has 0 spiro atoms. The number of fused-ring (bicyclic) bond motifs is 1. The van der Waals surface area contributed by atoms with Gasteiger partial charge >= 0.3 is 0 Å². The molecule has 1 aliphatic rings. The van der Waals surface area contributed by atoms with Gasteiger partial charge in [0.15, 0.2) is 0 Å². The molecule has 0 unspecified atom stereocenters. The number of benzene rings is 2. The number of carbonyl (C=O) groups excluding carboxylic acids is 2. The monoisotopic (exact) mass is 397 g/mol. The fourth-order valence-corrected chi connectivity index (χ4v) is 3.32. The highest BCUT2D eigenvalue weighted by atomic mass is 35.5. The summed E-state index contributed by atoms with van der Waals surface area (Å²) < 4.78 is 10.6. The minimum Gasteiger partial charge on any atom is -0.496 e. The van der Waals surface area contributed by atoms with Crippen molar-refractivity contribution < 1.29 is 18.8 Å². The SMILES string of the molecule is COc1ccc(Cl)cc1-c1noc(CCCN2C(=O)c3ccccc3C2=O)n1. The zero-order chi connectivity index (χ0) is 19.7. The maximum atomic E-state index is 12.4. The Balaban J connectivity index is 1.42. The minimum atomic E-state index is -0.268. The molecule has 7 nitrogen and oxygen atoms in total. The molecule has 28 heavy (non-hydrogen) atoms. The molecule has 142 valence electrons. The van der Waals surface area contributed by atoms with Gasteiger partial charge in [-0.3, -0.25) is 14.5 Å². The average Bonchev–Trinajstić information content (AvgIpc) is 3.27. The molecule has 0 bridgehead atoms. The molecule has 3 aromatic rings. The number of amides is 2. The smallest absolute Gasteiger partial charge is 0.261 e. The first-order valence-corrected chi connectivity index (χ1v) is 9.08. The van der Waals surface area contributed by atoms with E-state index in [1.54, 1.807) is 49.6 Å². The zero-order valence-electron chi connectivity index (χ0n) is 15.0. The topological polar surface area (TPSA) is 85.5 Å². The summed E-state index contributed by atoms with van der Waals surface area (Å²) in [6.07, 6.45) is 0.947. The van der Waals surface area contributed by atoms with Crippen LogP contribution in [0.4, 0.5) is 0 Å². The van der Waals surface area contributed by atoms with Gasteiger partial charge in [-0.15, -0.1) is 0 Å². The largest absolute Gasteiger partial charge is 0.496 e. The van der Waals surface area contributed by atoms with Crippen molar-refractivity contribution in [2.24, 2.45) is 0 Å². The maximum Gasteiger partial charge on any atom is 0.261 e. The molecule has 0 saturated carbocycles. The molecular weight excluding hydrogens is 382 g/mol. The van der Waals surface area contributed by atoms with Crippen LogP contribution < -0.4 is 4.74 Å². The molecule has 2 aromatic carbocycles. The van der Waals surface area contributed by atoms with E-state index < -0.39 is 0 Å². The van der Waals surface area contributed by atoms with Gasteiger partial charge in [0.05, 0.1) is 23.8 Å². The van der Waals surface area contributed by atoms with E-state index in [1.165, 1.54) is 4.90 Å². The number of hydrogen-bond acceptors (Lipinski definition) is 6. The Morgan fingerprint density at radius 2 is 1.79 bits per heavy atom. The highest BCUT2D eigenvalue weighted by molar-refractivity contribution is 6.31. The van der Waals surface area contributed by atoms with E-state index in [0.29, 0.717) is 52.0 Å². The molecule has 0 N–H and O–H groups in total. The number of nitrogens with zero attached hydrogens (tertiary/aromatic N) is 3. The van der Waals surface area contributed by atoms with Crippen LogP contribution in [0.25, 0.3) is 11.4 Å². The first kappa shape index (κ1) is 18.2. The fraction of sp³-hybridized carbons (Fsp3) is 0.200. The Morgan fingerprint density at radius 1 is 1.07 bits per heavy atom. The number of methoxy groups -OCH3 is 1. The summed E-state index contributed by atoms with van der Waals surface area (Å²) in [4.78, 5) is 30.4. The molecule has 0 aliphatic carbocycles. The average molecular weight is 398 g/mol. The number of aryl methyl sites for hydroxylation is 1. The molecule has 2 heterocycles. The quantitative estimate of drug-likeness (QED) is 0.590. The van der Waals surface area contributed by atoms with E-state index in [9.17, 15) is 9.59 Å². The summed E-state index contributed by atoms with van der Waals surface area (Å²) in [7, 11) is 1.55. The van der Waals surface area contributed by atoms with E-state index >= 15 is 0 Å². The number of hydrogen-bond donors (Lipinski definition) is 0. The standard InChI is InChI=1S/C20H16ClN3O4/c1-27-16-9-8-12(21)11-15(16)18-22-17(28-23-18)7-4-10-24-19(25)13-5-2-3-6-14(13)20(24)26/h2-3,5-6,8-9,11H,4,7,10H2,1H3. The highest BCUT2D eigenvalue weighted by Gasteiger charge is 2.34. The fourth-order valence-electron chi connectivity index (χ4n) is 3.15. The lowest BCUT2D eigenvalue weighted by Gasteiger charge is -2.12. The van der Waals surface area contributed by atoms with Crippen molar-refractivity contribution in [1.29, 1.82) is 0 Å². The van der Waals surface area contributed by atoms with Crippen LogP contribution in [0.15, 0.2) is 47.0 Å². The lowest BCUT2D eigenvalue weighted by molar-refractivity contribution is 0.0651. The first-order valence-electron chi connectivity index (χ1n) is 8.70. The molecule has 0 atom stereocenters.